The molecule has 1 unspecified atom stereocenters. The van der Waals surface area contributed by atoms with Crippen molar-refractivity contribution in [3.8, 4) is 0 Å². The first-order chi connectivity index (χ1) is 7.20. The van der Waals surface area contributed by atoms with Gasteiger partial charge in [0.25, 0.3) is 10.0 Å². The number of nitrogens with one attached hydrogen (secondary N) is 1. The highest BCUT2D eigenvalue weighted by molar-refractivity contribution is 7.89. The van der Waals surface area contributed by atoms with Crippen LogP contribution < -0.4 is 4.72 Å². The zero-order chi connectivity index (χ0) is 12.9. The van der Waals surface area contributed by atoms with Crippen LogP contribution in [0.15, 0.2) is 0 Å². The molecule has 16 heavy (non-hydrogen) atoms. The number of carbonyl (C=O) groups is 1. The summed E-state index contributed by atoms with van der Waals surface area (Å²) in [6.45, 7) is 3.46. The predicted octanol–water partition coefficient (Wildman–Crippen LogP) is 0.716. The van der Waals surface area contributed by atoms with Gasteiger partial charge in [0.05, 0.1) is 7.11 Å². The number of rotatable bonds is 6. The molecule has 0 heterocycles. The lowest BCUT2D eigenvalue weighted by molar-refractivity contribution is -0.143. The Hall–Kier alpha value is -0.760. The number of halogens is 2. The number of hydrogen-bond donors (Lipinski definition) is 1. The summed E-state index contributed by atoms with van der Waals surface area (Å²) in [5.74, 6) is -4.48. The van der Waals surface area contributed by atoms with Gasteiger partial charge >= 0.3 is 11.7 Å². The van der Waals surface area contributed by atoms with Crippen molar-refractivity contribution in [2.75, 3.05) is 7.11 Å². The van der Waals surface area contributed by atoms with E-state index in [1.807, 2.05) is 0 Å². The SMILES string of the molecule is COC(=O)C(CC(C)C)NS(=O)(=O)C(F)F. The monoisotopic (exact) mass is 259 g/mol. The van der Waals surface area contributed by atoms with Crippen LogP contribution in [0.3, 0.4) is 0 Å². The second kappa shape index (κ2) is 6.09. The van der Waals surface area contributed by atoms with Crippen LogP contribution in [0.1, 0.15) is 20.3 Å². The molecule has 1 atom stereocenters. The topological polar surface area (TPSA) is 72.5 Å². The van der Waals surface area contributed by atoms with Crippen LogP contribution >= 0.6 is 0 Å². The lowest BCUT2D eigenvalue weighted by Gasteiger charge is -2.17. The first-order valence-electron chi connectivity index (χ1n) is 4.57. The normalized spacial score (nSPS) is 14.2. The number of sulfonamides is 1. The molecule has 0 spiro atoms. The lowest BCUT2D eigenvalue weighted by atomic mass is 10.1. The van der Waals surface area contributed by atoms with Gasteiger partial charge in [0, 0.05) is 0 Å². The van der Waals surface area contributed by atoms with E-state index in [9.17, 15) is 22.0 Å². The van der Waals surface area contributed by atoms with Crippen molar-refractivity contribution in [3.63, 3.8) is 0 Å². The van der Waals surface area contributed by atoms with Gasteiger partial charge in [-0.25, -0.2) is 8.42 Å². The van der Waals surface area contributed by atoms with Crippen molar-refractivity contribution >= 4 is 16.0 Å². The van der Waals surface area contributed by atoms with E-state index in [2.05, 4.69) is 4.74 Å². The van der Waals surface area contributed by atoms with E-state index in [1.165, 1.54) is 0 Å². The van der Waals surface area contributed by atoms with E-state index < -0.39 is 27.8 Å². The highest BCUT2D eigenvalue weighted by atomic mass is 32.2. The molecule has 0 aliphatic heterocycles. The van der Waals surface area contributed by atoms with Gasteiger partial charge in [-0.15, -0.1) is 0 Å². The largest absolute Gasteiger partial charge is 0.468 e. The Bertz CT molecular complexity index is 329. The summed E-state index contributed by atoms with van der Waals surface area (Å²) in [6, 6.07) is -1.27. The Kier molecular flexibility index (Phi) is 5.80. The predicted molar refractivity (Wildman–Crippen MR) is 53.3 cm³/mol. The van der Waals surface area contributed by atoms with Crippen molar-refractivity contribution in [2.24, 2.45) is 5.92 Å². The third kappa shape index (κ3) is 4.84. The first kappa shape index (κ1) is 15.2. The van der Waals surface area contributed by atoms with Gasteiger partial charge in [0.1, 0.15) is 6.04 Å². The molecule has 96 valence electrons. The van der Waals surface area contributed by atoms with E-state index in [-0.39, 0.29) is 12.3 Å². The van der Waals surface area contributed by atoms with Gasteiger partial charge in [-0.05, 0) is 12.3 Å². The molecule has 0 bridgehead atoms. The quantitative estimate of drug-likeness (QED) is 0.713. The molecule has 1 N–H and O–H groups in total. The van der Waals surface area contributed by atoms with Gasteiger partial charge in [-0.3, -0.25) is 4.79 Å². The fraction of sp³-hybridized carbons (Fsp3) is 0.875. The van der Waals surface area contributed by atoms with E-state index >= 15 is 0 Å². The maximum atomic E-state index is 12.1. The number of ether oxygens (including phenoxy) is 1. The molecule has 0 rings (SSSR count). The molecular formula is C8H15F2NO4S. The van der Waals surface area contributed by atoms with Crippen LogP contribution in [0.4, 0.5) is 8.78 Å². The first-order valence-corrected chi connectivity index (χ1v) is 6.12. The van der Waals surface area contributed by atoms with Crippen molar-refractivity contribution in [3.05, 3.63) is 0 Å². The average molecular weight is 259 g/mol. The molecule has 0 fully saturated rings. The van der Waals surface area contributed by atoms with E-state index in [1.54, 1.807) is 18.6 Å². The van der Waals surface area contributed by atoms with Crippen molar-refractivity contribution in [1.82, 2.24) is 4.72 Å². The van der Waals surface area contributed by atoms with Gasteiger partial charge < -0.3 is 4.74 Å². The lowest BCUT2D eigenvalue weighted by Crippen LogP contribution is -2.44. The van der Waals surface area contributed by atoms with Crippen LogP contribution in [-0.4, -0.2) is 33.3 Å². The minimum atomic E-state index is -4.78. The van der Waals surface area contributed by atoms with Crippen molar-refractivity contribution in [1.29, 1.82) is 0 Å². The molecule has 0 radical (unpaired) electrons. The van der Waals surface area contributed by atoms with E-state index in [0.29, 0.717) is 0 Å². The van der Waals surface area contributed by atoms with E-state index in [0.717, 1.165) is 7.11 Å². The molecule has 8 heteroatoms. The van der Waals surface area contributed by atoms with Crippen LogP contribution in [-0.2, 0) is 19.6 Å². The number of methoxy groups -OCH3 is 1. The zero-order valence-electron chi connectivity index (χ0n) is 9.24. The van der Waals surface area contributed by atoms with Crippen LogP contribution in [0.2, 0.25) is 0 Å². The standard InChI is InChI=1S/C8H15F2NO4S/c1-5(2)4-6(7(12)15-3)11-16(13,14)8(9)10/h5-6,8,11H,4H2,1-3H3. The Balaban J connectivity index is 4.74. The summed E-state index contributed by atoms with van der Waals surface area (Å²) < 4.78 is 51.8. The number of carbonyl (C=O) groups excluding carboxylic acids is 1. The van der Waals surface area contributed by atoms with Crippen molar-refractivity contribution < 1.29 is 26.7 Å². The fourth-order valence-electron chi connectivity index (χ4n) is 1.06. The maximum absolute atomic E-state index is 12.1. The van der Waals surface area contributed by atoms with E-state index in [4.69, 9.17) is 0 Å². The summed E-state index contributed by atoms with van der Waals surface area (Å²) >= 11 is 0. The molecule has 0 saturated carbocycles. The Morgan fingerprint density at radius 1 is 1.38 bits per heavy atom. The molecule has 0 aliphatic rings. The van der Waals surface area contributed by atoms with Gasteiger partial charge in [-0.1, -0.05) is 13.8 Å². The average Bonchev–Trinajstić information content (AvgIpc) is 2.14. The fourth-order valence-corrected chi connectivity index (χ4v) is 1.75. The minimum absolute atomic E-state index is 0.0375. The Morgan fingerprint density at radius 2 is 1.88 bits per heavy atom. The van der Waals surface area contributed by atoms with Crippen LogP contribution in [0, 0.1) is 5.92 Å². The van der Waals surface area contributed by atoms with Gasteiger partial charge in [0.15, 0.2) is 0 Å². The number of esters is 1. The van der Waals surface area contributed by atoms with Crippen molar-refractivity contribution in [2.45, 2.75) is 32.1 Å². The second-order valence-electron chi connectivity index (χ2n) is 3.63. The Morgan fingerprint density at radius 3 is 2.19 bits per heavy atom. The third-order valence-corrected chi connectivity index (χ3v) is 2.82. The number of alkyl halides is 2. The molecule has 0 aliphatic carbocycles. The maximum Gasteiger partial charge on any atom is 0.350 e. The number of hydrogen-bond acceptors (Lipinski definition) is 4. The highest BCUT2D eigenvalue weighted by Gasteiger charge is 2.31. The second-order valence-corrected chi connectivity index (χ2v) is 5.31. The molecule has 0 saturated heterocycles. The third-order valence-electron chi connectivity index (χ3n) is 1.73. The summed E-state index contributed by atoms with van der Waals surface area (Å²) in [4.78, 5) is 11.2. The van der Waals surface area contributed by atoms with Gasteiger partial charge in [-0.2, -0.15) is 13.5 Å². The molecule has 0 aromatic carbocycles. The highest BCUT2D eigenvalue weighted by Crippen LogP contribution is 2.10. The van der Waals surface area contributed by atoms with Gasteiger partial charge in [0.2, 0.25) is 0 Å². The molecule has 0 aromatic heterocycles. The summed E-state index contributed by atoms with van der Waals surface area (Å²) in [5, 5.41) is 0. The summed E-state index contributed by atoms with van der Waals surface area (Å²) in [6.07, 6.45) is 0.0959. The van der Waals surface area contributed by atoms with Crippen LogP contribution in [0.25, 0.3) is 0 Å². The summed E-state index contributed by atoms with van der Waals surface area (Å²) in [5.41, 5.74) is 0. The zero-order valence-corrected chi connectivity index (χ0v) is 10.1. The molecule has 0 amide bonds. The Labute approximate surface area is 93.2 Å². The molecule has 5 nitrogen and oxygen atoms in total. The smallest absolute Gasteiger partial charge is 0.350 e. The molecule has 0 aromatic rings. The van der Waals surface area contributed by atoms with Crippen LogP contribution in [0.5, 0.6) is 0 Å². The minimum Gasteiger partial charge on any atom is -0.468 e. The molecular weight excluding hydrogens is 244 g/mol. The summed E-state index contributed by atoms with van der Waals surface area (Å²) in [7, 11) is -3.72.